The lowest BCUT2D eigenvalue weighted by atomic mass is 10.1. The molecule has 2 rings (SSSR count). The Morgan fingerprint density at radius 2 is 2.20 bits per heavy atom. The molecule has 0 unspecified atom stereocenters. The summed E-state index contributed by atoms with van der Waals surface area (Å²) < 4.78 is 0. The smallest absolute Gasteiger partial charge is 0.0991 e. The van der Waals surface area contributed by atoms with Crippen LogP contribution in [-0.2, 0) is 6.42 Å². The molecule has 0 aliphatic rings. The molecule has 0 aliphatic heterocycles. The predicted octanol–water partition coefficient (Wildman–Crippen LogP) is 1.96. The summed E-state index contributed by atoms with van der Waals surface area (Å²) in [5, 5.41) is 9.88. The van der Waals surface area contributed by atoms with Gasteiger partial charge >= 0.3 is 0 Å². The molecule has 1 aromatic heterocycles. The molecule has 4 heteroatoms. The van der Waals surface area contributed by atoms with E-state index in [1.807, 2.05) is 24.4 Å². The van der Waals surface area contributed by atoms with Crippen molar-refractivity contribution in [2.24, 2.45) is 5.73 Å². The summed E-state index contributed by atoms with van der Waals surface area (Å²) in [6.07, 6.45) is 2.80. The van der Waals surface area contributed by atoms with E-state index < -0.39 is 0 Å². The Kier molecular flexibility index (Phi) is 3.73. The molecule has 0 bridgehead atoms. The van der Waals surface area contributed by atoms with Gasteiger partial charge in [0.15, 0.2) is 0 Å². The summed E-state index contributed by atoms with van der Waals surface area (Å²) in [7, 11) is 0. The van der Waals surface area contributed by atoms with Crippen LogP contribution < -0.4 is 5.73 Å². The third-order valence-electron chi connectivity index (χ3n) is 2.31. The second-order valence-corrected chi connectivity index (χ2v) is 3.22. The lowest BCUT2D eigenvalue weighted by molar-refractivity contribution is 0.976. The standard InChI is InChI=1S/C11H11N3.ClH/c12-4-3-9-7-14-11-2-1-8(6-13)5-10(9)11;/h1-2,5,7,14H,3-4,12H2;1H. The highest BCUT2D eigenvalue weighted by Gasteiger charge is 2.03. The van der Waals surface area contributed by atoms with Crippen LogP contribution in [0.25, 0.3) is 10.9 Å². The van der Waals surface area contributed by atoms with Gasteiger partial charge < -0.3 is 10.7 Å². The first-order valence-electron chi connectivity index (χ1n) is 4.55. The van der Waals surface area contributed by atoms with Gasteiger partial charge in [-0.3, -0.25) is 0 Å². The lowest BCUT2D eigenvalue weighted by Crippen LogP contribution is -2.01. The number of fused-ring (bicyclic) bond motifs is 1. The van der Waals surface area contributed by atoms with Crippen molar-refractivity contribution in [1.29, 1.82) is 5.26 Å². The average molecular weight is 222 g/mol. The molecule has 0 aliphatic carbocycles. The normalized spacial score (nSPS) is 9.60. The zero-order chi connectivity index (χ0) is 9.97. The number of rotatable bonds is 2. The van der Waals surface area contributed by atoms with Crippen LogP contribution in [0.4, 0.5) is 0 Å². The van der Waals surface area contributed by atoms with Gasteiger partial charge in [-0.05, 0) is 36.7 Å². The quantitative estimate of drug-likeness (QED) is 0.814. The van der Waals surface area contributed by atoms with Crippen LogP contribution in [0.15, 0.2) is 24.4 Å². The first-order chi connectivity index (χ1) is 6.85. The highest BCUT2D eigenvalue weighted by atomic mass is 35.5. The minimum absolute atomic E-state index is 0. The minimum atomic E-state index is 0. The Hall–Kier alpha value is -1.50. The number of H-pyrrole nitrogens is 1. The van der Waals surface area contributed by atoms with Crippen molar-refractivity contribution in [3.8, 4) is 6.07 Å². The van der Waals surface area contributed by atoms with E-state index in [2.05, 4.69) is 11.1 Å². The maximum absolute atomic E-state index is 8.77. The summed E-state index contributed by atoms with van der Waals surface area (Å²) in [6.45, 7) is 0.629. The van der Waals surface area contributed by atoms with E-state index in [4.69, 9.17) is 11.0 Å². The fourth-order valence-electron chi connectivity index (χ4n) is 1.61. The summed E-state index contributed by atoms with van der Waals surface area (Å²) in [5.74, 6) is 0. The van der Waals surface area contributed by atoms with Crippen molar-refractivity contribution in [1.82, 2.24) is 4.98 Å². The van der Waals surface area contributed by atoms with Crippen LogP contribution in [0, 0.1) is 11.3 Å². The molecule has 0 radical (unpaired) electrons. The Bertz CT molecular complexity index is 496. The van der Waals surface area contributed by atoms with Gasteiger partial charge in [-0.2, -0.15) is 5.26 Å². The number of halogens is 1. The molecule has 3 nitrogen and oxygen atoms in total. The molecule has 15 heavy (non-hydrogen) atoms. The number of hydrogen-bond acceptors (Lipinski definition) is 2. The molecule has 0 atom stereocenters. The summed E-state index contributed by atoms with van der Waals surface area (Å²) >= 11 is 0. The summed E-state index contributed by atoms with van der Waals surface area (Å²) in [4.78, 5) is 3.16. The Morgan fingerprint density at radius 3 is 2.87 bits per heavy atom. The van der Waals surface area contributed by atoms with Crippen molar-refractivity contribution < 1.29 is 0 Å². The number of hydrogen-bond donors (Lipinski definition) is 2. The molecule has 3 N–H and O–H groups in total. The largest absolute Gasteiger partial charge is 0.361 e. The molecule has 2 aromatic rings. The number of nitrogens with two attached hydrogens (primary N) is 1. The molecular formula is C11H12ClN3. The first kappa shape index (κ1) is 11.6. The van der Waals surface area contributed by atoms with Crippen LogP contribution >= 0.6 is 12.4 Å². The van der Waals surface area contributed by atoms with E-state index >= 15 is 0 Å². The summed E-state index contributed by atoms with van der Waals surface area (Å²) in [6, 6.07) is 7.77. The predicted molar refractivity (Wildman–Crippen MR) is 63.0 cm³/mol. The number of aromatic nitrogens is 1. The molecule has 0 spiro atoms. The van der Waals surface area contributed by atoms with Crippen LogP contribution in [0.1, 0.15) is 11.1 Å². The second kappa shape index (κ2) is 4.83. The maximum Gasteiger partial charge on any atom is 0.0991 e. The van der Waals surface area contributed by atoms with E-state index in [-0.39, 0.29) is 12.4 Å². The van der Waals surface area contributed by atoms with Gasteiger partial charge in [0.05, 0.1) is 11.6 Å². The number of nitrogens with zero attached hydrogens (tertiary/aromatic N) is 1. The number of nitrogens with one attached hydrogen (secondary N) is 1. The van der Waals surface area contributed by atoms with Gasteiger partial charge in [-0.1, -0.05) is 0 Å². The monoisotopic (exact) mass is 221 g/mol. The van der Waals surface area contributed by atoms with Crippen molar-refractivity contribution in [2.75, 3.05) is 6.54 Å². The number of benzene rings is 1. The molecule has 78 valence electrons. The Balaban J connectivity index is 0.00000112. The van der Waals surface area contributed by atoms with Crippen molar-refractivity contribution >= 4 is 23.3 Å². The SMILES string of the molecule is Cl.N#Cc1ccc2[nH]cc(CCN)c2c1. The molecule has 1 heterocycles. The highest BCUT2D eigenvalue weighted by Crippen LogP contribution is 2.19. The van der Waals surface area contributed by atoms with Crippen molar-refractivity contribution in [3.05, 3.63) is 35.5 Å². The van der Waals surface area contributed by atoms with Crippen molar-refractivity contribution in [2.45, 2.75) is 6.42 Å². The van der Waals surface area contributed by atoms with Gasteiger partial charge in [0.2, 0.25) is 0 Å². The van der Waals surface area contributed by atoms with E-state index in [0.717, 1.165) is 17.3 Å². The molecular weight excluding hydrogens is 210 g/mol. The van der Waals surface area contributed by atoms with Crippen LogP contribution in [0.5, 0.6) is 0 Å². The van der Waals surface area contributed by atoms with Gasteiger partial charge in [-0.25, -0.2) is 0 Å². The third kappa shape index (κ3) is 2.12. The van der Waals surface area contributed by atoms with E-state index in [1.165, 1.54) is 5.56 Å². The Labute approximate surface area is 94.3 Å². The molecule has 0 saturated carbocycles. The summed E-state index contributed by atoms with van der Waals surface area (Å²) in [5.41, 5.74) is 8.44. The topological polar surface area (TPSA) is 65.6 Å². The fraction of sp³-hybridized carbons (Fsp3) is 0.182. The molecule has 0 saturated heterocycles. The third-order valence-corrected chi connectivity index (χ3v) is 2.31. The van der Waals surface area contributed by atoms with Gasteiger partial charge in [0.25, 0.3) is 0 Å². The van der Waals surface area contributed by atoms with Crippen LogP contribution in [-0.4, -0.2) is 11.5 Å². The van der Waals surface area contributed by atoms with E-state index in [9.17, 15) is 0 Å². The minimum Gasteiger partial charge on any atom is -0.361 e. The zero-order valence-corrected chi connectivity index (χ0v) is 8.97. The van der Waals surface area contributed by atoms with Gasteiger partial charge in [0, 0.05) is 17.1 Å². The fourth-order valence-corrected chi connectivity index (χ4v) is 1.61. The molecule has 0 amide bonds. The highest BCUT2D eigenvalue weighted by molar-refractivity contribution is 5.85. The Morgan fingerprint density at radius 1 is 1.40 bits per heavy atom. The second-order valence-electron chi connectivity index (χ2n) is 3.22. The first-order valence-corrected chi connectivity index (χ1v) is 4.55. The number of nitriles is 1. The van der Waals surface area contributed by atoms with E-state index in [1.54, 1.807) is 0 Å². The van der Waals surface area contributed by atoms with Crippen LogP contribution in [0.2, 0.25) is 0 Å². The molecule has 1 aromatic carbocycles. The van der Waals surface area contributed by atoms with Crippen molar-refractivity contribution in [3.63, 3.8) is 0 Å². The number of aromatic amines is 1. The molecule has 0 fully saturated rings. The van der Waals surface area contributed by atoms with Crippen LogP contribution in [0.3, 0.4) is 0 Å². The van der Waals surface area contributed by atoms with Gasteiger partial charge in [0.1, 0.15) is 0 Å². The van der Waals surface area contributed by atoms with E-state index in [0.29, 0.717) is 12.1 Å². The zero-order valence-electron chi connectivity index (χ0n) is 8.16. The maximum atomic E-state index is 8.77. The lowest BCUT2D eigenvalue weighted by Gasteiger charge is -1.95. The average Bonchev–Trinajstić information content (AvgIpc) is 2.61. The van der Waals surface area contributed by atoms with Gasteiger partial charge in [-0.15, -0.1) is 12.4 Å².